The van der Waals surface area contributed by atoms with Crippen LogP contribution < -0.4 is 0 Å². The topological polar surface area (TPSA) is 38.8 Å². The molecule has 12 heavy (non-hydrogen) atoms. The Labute approximate surface area is 71.4 Å². The molecule has 1 heterocycles. The normalized spacial score (nSPS) is 37.7. The van der Waals surface area contributed by atoms with Crippen LogP contribution in [0.5, 0.6) is 0 Å². The molecule has 2 aliphatic rings. The number of hydroxylamine groups is 2. The van der Waals surface area contributed by atoms with Crippen molar-refractivity contribution in [3.63, 3.8) is 0 Å². The van der Waals surface area contributed by atoms with E-state index in [0.29, 0.717) is 11.8 Å². The van der Waals surface area contributed by atoms with Crippen LogP contribution in [-0.2, 0) is 14.4 Å². The molecular formula is C8H13NO3. The smallest absolute Gasteiger partial charge is 0.249 e. The molecule has 0 aromatic heterocycles. The molecule has 4 heteroatoms. The van der Waals surface area contributed by atoms with Gasteiger partial charge in [-0.3, -0.25) is 9.63 Å². The van der Waals surface area contributed by atoms with Gasteiger partial charge in [-0.2, -0.15) is 0 Å². The number of rotatable bonds is 2. The summed E-state index contributed by atoms with van der Waals surface area (Å²) in [6, 6.07) is 0. The van der Waals surface area contributed by atoms with Crippen molar-refractivity contribution >= 4 is 5.91 Å². The lowest BCUT2D eigenvalue weighted by Gasteiger charge is -2.14. The maximum atomic E-state index is 11.5. The van der Waals surface area contributed by atoms with E-state index in [1.54, 1.807) is 7.05 Å². The van der Waals surface area contributed by atoms with Gasteiger partial charge in [-0.1, -0.05) is 0 Å². The van der Waals surface area contributed by atoms with Crippen LogP contribution in [0.4, 0.5) is 0 Å². The second-order valence-electron chi connectivity index (χ2n) is 3.41. The van der Waals surface area contributed by atoms with Crippen LogP contribution in [0.2, 0.25) is 0 Å². The number of carbonyl (C=O) groups excluding carboxylic acids is 1. The third kappa shape index (κ3) is 1.03. The molecule has 2 rings (SSSR count). The summed E-state index contributed by atoms with van der Waals surface area (Å²) in [5, 5.41) is 1.31. The standard InChI is InChI=1S/C8H13NO3/c1-9(11-2)8(10)7-5-3-12-4-6(5)7/h5-7H,3-4H2,1-2H3/t5-,6+,7?. The molecule has 0 bridgehead atoms. The monoisotopic (exact) mass is 171 g/mol. The summed E-state index contributed by atoms with van der Waals surface area (Å²) in [5.74, 6) is 1.20. The van der Waals surface area contributed by atoms with E-state index in [-0.39, 0.29) is 11.8 Å². The van der Waals surface area contributed by atoms with E-state index in [0.717, 1.165) is 13.2 Å². The van der Waals surface area contributed by atoms with Crippen molar-refractivity contribution in [2.24, 2.45) is 17.8 Å². The van der Waals surface area contributed by atoms with Crippen molar-refractivity contribution in [3.8, 4) is 0 Å². The Morgan fingerprint density at radius 2 is 2.08 bits per heavy atom. The zero-order chi connectivity index (χ0) is 8.72. The molecule has 1 saturated heterocycles. The first kappa shape index (κ1) is 8.01. The highest BCUT2D eigenvalue weighted by molar-refractivity contribution is 5.81. The van der Waals surface area contributed by atoms with E-state index >= 15 is 0 Å². The highest BCUT2D eigenvalue weighted by Gasteiger charge is 2.58. The van der Waals surface area contributed by atoms with Crippen molar-refractivity contribution in [2.45, 2.75) is 0 Å². The second kappa shape index (κ2) is 2.71. The fourth-order valence-electron chi connectivity index (χ4n) is 1.91. The fourth-order valence-corrected chi connectivity index (χ4v) is 1.91. The van der Waals surface area contributed by atoms with Gasteiger partial charge in [-0.05, 0) is 0 Å². The molecule has 1 aliphatic heterocycles. The van der Waals surface area contributed by atoms with E-state index in [1.807, 2.05) is 0 Å². The van der Waals surface area contributed by atoms with Crippen LogP contribution in [0, 0.1) is 17.8 Å². The molecule has 68 valence electrons. The number of carbonyl (C=O) groups is 1. The lowest BCUT2D eigenvalue weighted by atomic mass is 10.3. The van der Waals surface area contributed by atoms with Gasteiger partial charge in [0.05, 0.1) is 26.2 Å². The average Bonchev–Trinajstić information content (AvgIpc) is 2.56. The van der Waals surface area contributed by atoms with Gasteiger partial charge in [0.25, 0.3) is 0 Å². The minimum Gasteiger partial charge on any atom is -0.381 e. The van der Waals surface area contributed by atoms with E-state index in [2.05, 4.69) is 0 Å². The maximum Gasteiger partial charge on any atom is 0.249 e. The summed E-state index contributed by atoms with van der Waals surface area (Å²) < 4.78 is 5.19. The van der Waals surface area contributed by atoms with Gasteiger partial charge in [0.2, 0.25) is 5.91 Å². The van der Waals surface area contributed by atoms with Crippen LogP contribution in [0.15, 0.2) is 0 Å². The van der Waals surface area contributed by atoms with E-state index in [1.165, 1.54) is 12.2 Å². The highest BCUT2D eigenvalue weighted by Crippen LogP contribution is 2.51. The number of fused-ring (bicyclic) bond motifs is 1. The van der Waals surface area contributed by atoms with Gasteiger partial charge in [0, 0.05) is 18.9 Å². The Hall–Kier alpha value is -0.610. The highest BCUT2D eigenvalue weighted by atomic mass is 16.7. The lowest BCUT2D eigenvalue weighted by molar-refractivity contribution is -0.171. The van der Waals surface area contributed by atoms with Gasteiger partial charge in [-0.25, -0.2) is 5.06 Å². The molecule has 1 amide bonds. The first-order chi connectivity index (χ1) is 5.75. The Balaban J connectivity index is 1.91. The zero-order valence-electron chi connectivity index (χ0n) is 7.32. The number of hydrogen-bond acceptors (Lipinski definition) is 3. The molecule has 0 aromatic rings. The van der Waals surface area contributed by atoms with Crippen molar-refractivity contribution in [2.75, 3.05) is 27.4 Å². The van der Waals surface area contributed by atoms with Gasteiger partial charge in [0.1, 0.15) is 0 Å². The Kier molecular flexibility index (Phi) is 1.81. The van der Waals surface area contributed by atoms with Crippen molar-refractivity contribution in [3.05, 3.63) is 0 Å². The summed E-state index contributed by atoms with van der Waals surface area (Å²) in [4.78, 5) is 16.3. The quantitative estimate of drug-likeness (QED) is 0.544. The Morgan fingerprint density at radius 1 is 1.50 bits per heavy atom. The van der Waals surface area contributed by atoms with E-state index < -0.39 is 0 Å². The van der Waals surface area contributed by atoms with E-state index in [9.17, 15) is 4.79 Å². The van der Waals surface area contributed by atoms with Crippen LogP contribution in [0.25, 0.3) is 0 Å². The number of amides is 1. The van der Waals surface area contributed by atoms with Crippen LogP contribution >= 0.6 is 0 Å². The Morgan fingerprint density at radius 3 is 2.58 bits per heavy atom. The average molecular weight is 171 g/mol. The summed E-state index contributed by atoms with van der Waals surface area (Å²) in [7, 11) is 3.16. The molecule has 1 unspecified atom stereocenters. The molecule has 4 nitrogen and oxygen atoms in total. The molecular weight excluding hydrogens is 158 g/mol. The molecule has 1 saturated carbocycles. The summed E-state index contributed by atoms with van der Waals surface area (Å²) in [6.45, 7) is 1.50. The zero-order valence-corrected chi connectivity index (χ0v) is 7.32. The number of hydrogen-bond donors (Lipinski definition) is 0. The SMILES string of the molecule is CON(C)C(=O)C1[C@H]2COC[C@@H]12. The van der Waals surface area contributed by atoms with Crippen molar-refractivity contribution in [1.82, 2.24) is 5.06 Å². The third-order valence-electron chi connectivity index (χ3n) is 2.82. The van der Waals surface area contributed by atoms with Crippen LogP contribution in [0.3, 0.4) is 0 Å². The Bertz CT molecular complexity index is 196. The van der Waals surface area contributed by atoms with Gasteiger partial charge < -0.3 is 4.74 Å². The minimum atomic E-state index is 0.0933. The third-order valence-corrected chi connectivity index (χ3v) is 2.82. The number of nitrogens with zero attached hydrogens (tertiary/aromatic N) is 1. The molecule has 0 spiro atoms. The maximum absolute atomic E-state index is 11.5. The summed E-state index contributed by atoms with van der Waals surface area (Å²) in [5.41, 5.74) is 0. The molecule has 3 atom stereocenters. The lowest BCUT2D eigenvalue weighted by Crippen LogP contribution is -2.29. The fraction of sp³-hybridized carbons (Fsp3) is 0.875. The van der Waals surface area contributed by atoms with Gasteiger partial charge in [0.15, 0.2) is 0 Å². The van der Waals surface area contributed by atoms with Crippen molar-refractivity contribution in [1.29, 1.82) is 0 Å². The summed E-state index contributed by atoms with van der Waals surface area (Å²) in [6.07, 6.45) is 0. The minimum absolute atomic E-state index is 0.0933. The predicted octanol–water partition coefficient (Wildman–Crippen LogP) is -0.101. The molecule has 1 aliphatic carbocycles. The van der Waals surface area contributed by atoms with E-state index in [4.69, 9.17) is 9.57 Å². The predicted molar refractivity (Wildman–Crippen MR) is 41.1 cm³/mol. The molecule has 0 N–H and O–H groups in total. The first-order valence-corrected chi connectivity index (χ1v) is 4.15. The molecule has 2 fully saturated rings. The molecule has 0 radical (unpaired) electrons. The van der Waals surface area contributed by atoms with Crippen LogP contribution in [0.1, 0.15) is 0 Å². The van der Waals surface area contributed by atoms with Gasteiger partial charge >= 0.3 is 0 Å². The second-order valence-corrected chi connectivity index (χ2v) is 3.41. The molecule has 0 aromatic carbocycles. The largest absolute Gasteiger partial charge is 0.381 e. The van der Waals surface area contributed by atoms with Gasteiger partial charge in [-0.15, -0.1) is 0 Å². The summed E-state index contributed by atoms with van der Waals surface area (Å²) >= 11 is 0. The van der Waals surface area contributed by atoms with Crippen LogP contribution in [-0.4, -0.2) is 38.3 Å². The first-order valence-electron chi connectivity index (χ1n) is 4.15. The number of ether oxygens (including phenoxy) is 1. The van der Waals surface area contributed by atoms with Crippen molar-refractivity contribution < 1.29 is 14.4 Å².